The van der Waals surface area contributed by atoms with Crippen LogP contribution in [0.25, 0.3) is 0 Å². The highest BCUT2D eigenvalue weighted by Gasteiger charge is 2.16. The second-order valence-corrected chi connectivity index (χ2v) is 4.69. The number of nitrogens with zero attached hydrogens (tertiary/aromatic N) is 1. The molecule has 0 heterocycles. The Morgan fingerprint density at radius 1 is 1.05 bits per heavy atom. The van der Waals surface area contributed by atoms with E-state index in [4.69, 9.17) is 10.0 Å². The first kappa shape index (κ1) is 15.5. The molecule has 2 rings (SSSR count). The fourth-order valence-corrected chi connectivity index (χ4v) is 2.13. The first-order valence-electron chi connectivity index (χ1n) is 6.67. The minimum Gasteiger partial charge on any atom is -0.423 e. The van der Waals surface area contributed by atoms with Crippen LogP contribution in [0.2, 0.25) is 0 Å². The SMILES string of the molecule is CCN(Cc1ccc(B(O)O)cc1F)c1ccccc1F. The summed E-state index contributed by atoms with van der Waals surface area (Å²) in [5, 5.41) is 18.0. The summed E-state index contributed by atoms with van der Waals surface area (Å²) in [4.78, 5) is 1.71. The molecule has 0 saturated carbocycles. The summed E-state index contributed by atoms with van der Waals surface area (Å²) in [6.45, 7) is 2.58. The molecule has 2 N–H and O–H groups in total. The van der Waals surface area contributed by atoms with E-state index in [2.05, 4.69) is 0 Å². The zero-order valence-electron chi connectivity index (χ0n) is 11.6. The lowest BCUT2D eigenvalue weighted by Crippen LogP contribution is -2.31. The topological polar surface area (TPSA) is 43.7 Å². The zero-order chi connectivity index (χ0) is 15.4. The Bertz CT molecular complexity index is 622. The maximum absolute atomic E-state index is 14.0. The van der Waals surface area contributed by atoms with Gasteiger partial charge in [0, 0.05) is 18.7 Å². The van der Waals surface area contributed by atoms with Crippen LogP contribution in [0.3, 0.4) is 0 Å². The van der Waals surface area contributed by atoms with Gasteiger partial charge < -0.3 is 14.9 Å². The van der Waals surface area contributed by atoms with Gasteiger partial charge in [0.05, 0.1) is 5.69 Å². The Hall–Kier alpha value is -1.92. The maximum atomic E-state index is 14.0. The van der Waals surface area contributed by atoms with Crippen LogP contribution in [0, 0.1) is 11.6 Å². The van der Waals surface area contributed by atoms with Gasteiger partial charge in [-0.25, -0.2) is 8.78 Å². The normalized spacial score (nSPS) is 10.5. The van der Waals surface area contributed by atoms with Gasteiger partial charge in [0.2, 0.25) is 0 Å². The molecule has 0 spiro atoms. The predicted octanol–water partition coefficient (Wildman–Crippen LogP) is 1.67. The molecular formula is C15H16BF2NO2. The van der Waals surface area contributed by atoms with E-state index in [9.17, 15) is 8.78 Å². The molecule has 2 aromatic carbocycles. The molecule has 0 fully saturated rings. The molecule has 6 heteroatoms. The van der Waals surface area contributed by atoms with Crippen molar-refractivity contribution < 1.29 is 18.8 Å². The van der Waals surface area contributed by atoms with Crippen LogP contribution in [0.4, 0.5) is 14.5 Å². The molecule has 110 valence electrons. The number of hydrogen-bond donors (Lipinski definition) is 2. The van der Waals surface area contributed by atoms with Crippen molar-refractivity contribution in [2.45, 2.75) is 13.5 Å². The van der Waals surface area contributed by atoms with Crippen molar-refractivity contribution in [1.82, 2.24) is 0 Å². The van der Waals surface area contributed by atoms with Crippen LogP contribution in [-0.2, 0) is 6.54 Å². The fraction of sp³-hybridized carbons (Fsp3) is 0.200. The molecule has 0 amide bonds. The van der Waals surface area contributed by atoms with Crippen LogP contribution in [0.15, 0.2) is 42.5 Å². The van der Waals surface area contributed by atoms with Crippen molar-refractivity contribution in [2.24, 2.45) is 0 Å². The Labute approximate surface area is 122 Å². The van der Waals surface area contributed by atoms with Gasteiger partial charge in [0.15, 0.2) is 0 Å². The Morgan fingerprint density at radius 3 is 2.33 bits per heavy atom. The molecule has 0 atom stereocenters. The number of anilines is 1. The summed E-state index contributed by atoms with van der Waals surface area (Å²) in [5.41, 5.74) is 0.861. The zero-order valence-corrected chi connectivity index (χ0v) is 11.6. The summed E-state index contributed by atoms with van der Waals surface area (Å²) in [6.07, 6.45) is 0. The van der Waals surface area contributed by atoms with Gasteiger partial charge in [0.1, 0.15) is 11.6 Å². The van der Waals surface area contributed by atoms with Gasteiger partial charge in [-0.3, -0.25) is 0 Å². The van der Waals surface area contributed by atoms with Crippen molar-refractivity contribution in [3.05, 3.63) is 59.7 Å². The summed E-state index contributed by atoms with van der Waals surface area (Å²) in [5.74, 6) is -0.905. The van der Waals surface area contributed by atoms with Crippen molar-refractivity contribution in [2.75, 3.05) is 11.4 Å². The summed E-state index contributed by atoms with van der Waals surface area (Å²) in [7, 11) is -1.71. The molecule has 2 aromatic rings. The smallest absolute Gasteiger partial charge is 0.423 e. The third-order valence-corrected chi connectivity index (χ3v) is 3.31. The average Bonchev–Trinajstić information content (AvgIpc) is 2.47. The van der Waals surface area contributed by atoms with Crippen LogP contribution >= 0.6 is 0 Å². The minimum absolute atomic E-state index is 0.0881. The van der Waals surface area contributed by atoms with Gasteiger partial charge >= 0.3 is 7.12 Å². The molecular weight excluding hydrogens is 275 g/mol. The Morgan fingerprint density at radius 2 is 1.76 bits per heavy atom. The standard InChI is InChI=1S/C15H16BF2NO2/c1-2-19(15-6-4-3-5-13(15)17)10-11-7-8-12(16(20)21)9-14(11)18/h3-9,20-21H,2,10H2,1H3. The van der Waals surface area contributed by atoms with Gasteiger partial charge in [-0.15, -0.1) is 0 Å². The fourth-order valence-electron chi connectivity index (χ4n) is 2.13. The monoisotopic (exact) mass is 291 g/mol. The molecule has 0 saturated heterocycles. The summed E-state index contributed by atoms with van der Waals surface area (Å²) in [6, 6.07) is 10.3. The van der Waals surface area contributed by atoms with Crippen molar-refractivity contribution >= 4 is 18.3 Å². The average molecular weight is 291 g/mol. The van der Waals surface area contributed by atoms with Crippen molar-refractivity contribution in [3.8, 4) is 0 Å². The molecule has 3 nitrogen and oxygen atoms in total. The van der Waals surface area contributed by atoms with E-state index >= 15 is 0 Å². The summed E-state index contributed by atoms with van der Waals surface area (Å²) >= 11 is 0. The molecule has 21 heavy (non-hydrogen) atoms. The molecule has 0 radical (unpaired) electrons. The van der Waals surface area contributed by atoms with Crippen LogP contribution in [-0.4, -0.2) is 23.7 Å². The van der Waals surface area contributed by atoms with E-state index in [0.29, 0.717) is 17.8 Å². The van der Waals surface area contributed by atoms with E-state index in [1.165, 1.54) is 18.2 Å². The maximum Gasteiger partial charge on any atom is 0.488 e. The van der Waals surface area contributed by atoms with E-state index in [0.717, 1.165) is 6.07 Å². The van der Waals surface area contributed by atoms with E-state index < -0.39 is 12.9 Å². The lowest BCUT2D eigenvalue weighted by molar-refractivity contribution is 0.425. The molecule has 0 aliphatic rings. The summed E-state index contributed by atoms with van der Waals surface area (Å²) < 4.78 is 27.8. The minimum atomic E-state index is -1.71. The second kappa shape index (κ2) is 6.69. The third-order valence-electron chi connectivity index (χ3n) is 3.31. The van der Waals surface area contributed by atoms with Crippen molar-refractivity contribution in [3.63, 3.8) is 0 Å². The van der Waals surface area contributed by atoms with Crippen molar-refractivity contribution in [1.29, 1.82) is 0 Å². The van der Waals surface area contributed by atoms with E-state index in [1.807, 2.05) is 6.92 Å². The number of para-hydroxylation sites is 1. The van der Waals surface area contributed by atoms with Crippen LogP contribution in [0.1, 0.15) is 12.5 Å². The van der Waals surface area contributed by atoms with Gasteiger partial charge in [-0.2, -0.15) is 0 Å². The van der Waals surface area contributed by atoms with Gasteiger partial charge in [-0.05, 0) is 30.6 Å². The van der Waals surface area contributed by atoms with Crippen LogP contribution < -0.4 is 10.4 Å². The third kappa shape index (κ3) is 3.59. The first-order chi connectivity index (χ1) is 10.0. The highest BCUT2D eigenvalue weighted by atomic mass is 19.1. The van der Waals surface area contributed by atoms with E-state index in [-0.39, 0.29) is 17.8 Å². The molecule has 0 aromatic heterocycles. The number of benzene rings is 2. The van der Waals surface area contributed by atoms with Gasteiger partial charge in [0.25, 0.3) is 0 Å². The lowest BCUT2D eigenvalue weighted by Gasteiger charge is -2.24. The molecule has 0 bridgehead atoms. The quantitative estimate of drug-likeness (QED) is 0.824. The second-order valence-electron chi connectivity index (χ2n) is 4.69. The molecule has 0 unspecified atom stereocenters. The first-order valence-corrected chi connectivity index (χ1v) is 6.67. The van der Waals surface area contributed by atoms with E-state index in [1.54, 1.807) is 23.1 Å². The molecule has 0 aliphatic heterocycles. The molecule has 0 aliphatic carbocycles. The lowest BCUT2D eigenvalue weighted by atomic mass is 9.80. The Kier molecular flexibility index (Phi) is 4.93. The van der Waals surface area contributed by atoms with Gasteiger partial charge in [-0.1, -0.05) is 24.3 Å². The Balaban J connectivity index is 2.25. The predicted molar refractivity (Wildman–Crippen MR) is 79.3 cm³/mol. The number of hydrogen-bond acceptors (Lipinski definition) is 3. The highest BCUT2D eigenvalue weighted by molar-refractivity contribution is 6.58. The van der Waals surface area contributed by atoms with Crippen LogP contribution in [0.5, 0.6) is 0 Å². The number of rotatable bonds is 5. The largest absolute Gasteiger partial charge is 0.488 e. The highest BCUT2D eigenvalue weighted by Crippen LogP contribution is 2.21. The number of halogens is 2.